The van der Waals surface area contributed by atoms with Crippen molar-refractivity contribution in [3.63, 3.8) is 0 Å². The molecule has 0 aliphatic carbocycles. The molecule has 1 saturated heterocycles. The van der Waals surface area contributed by atoms with Crippen molar-refractivity contribution < 1.29 is 4.74 Å². The number of nitriles is 1. The zero-order valence-corrected chi connectivity index (χ0v) is 15.0. The van der Waals surface area contributed by atoms with Crippen molar-refractivity contribution in [1.29, 1.82) is 5.26 Å². The maximum absolute atomic E-state index is 9.43. The zero-order chi connectivity index (χ0) is 18.0. The molecule has 3 heterocycles. The lowest BCUT2D eigenvalue weighted by molar-refractivity contribution is -0.0578. The Hall–Kier alpha value is -2.50. The molecule has 1 aliphatic rings. The molecule has 0 saturated carbocycles. The summed E-state index contributed by atoms with van der Waals surface area (Å²) in [5.41, 5.74) is 3.25. The third-order valence-electron chi connectivity index (χ3n) is 4.80. The monoisotopic (exact) mass is 341 g/mol. The van der Waals surface area contributed by atoms with Gasteiger partial charge in [-0.1, -0.05) is 0 Å². The van der Waals surface area contributed by atoms with Gasteiger partial charge in [0.25, 0.3) is 0 Å². The number of aryl methyl sites for hydroxylation is 2. The van der Waals surface area contributed by atoms with E-state index in [1.807, 2.05) is 31.7 Å². The summed E-state index contributed by atoms with van der Waals surface area (Å²) in [4.78, 5) is 6.50. The number of hydrogen-bond acceptors (Lipinski definition) is 7. The molecule has 1 fully saturated rings. The molecule has 0 aromatic carbocycles. The van der Waals surface area contributed by atoms with E-state index in [1.165, 1.54) is 0 Å². The summed E-state index contributed by atoms with van der Waals surface area (Å²) >= 11 is 0. The number of nitrogens with zero attached hydrogens (tertiary/aromatic N) is 6. The van der Waals surface area contributed by atoms with Crippen molar-refractivity contribution >= 4 is 5.82 Å². The Morgan fingerprint density at radius 2 is 2.16 bits per heavy atom. The van der Waals surface area contributed by atoms with Crippen molar-refractivity contribution in [2.75, 3.05) is 32.1 Å². The van der Waals surface area contributed by atoms with E-state index in [9.17, 15) is 5.26 Å². The second-order valence-electron chi connectivity index (χ2n) is 6.39. The molecule has 2 aromatic rings. The topological polar surface area (TPSA) is 91.9 Å². The lowest BCUT2D eigenvalue weighted by Gasteiger charge is -2.39. The molecule has 1 N–H and O–H groups in total. The Bertz CT molecular complexity index is 795. The third-order valence-corrected chi connectivity index (χ3v) is 4.80. The maximum atomic E-state index is 9.43. The number of anilines is 1. The van der Waals surface area contributed by atoms with Gasteiger partial charge in [0.05, 0.1) is 36.5 Å². The molecule has 132 valence electrons. The van der Waals surface area contributed by atoms with Gasteiger partial charge in [0.1, 0.15) is 11.6 Å². The number of morpholine rings is 1. The van der Waals surface area contributed by atoms with Crippen molar-refractivity contribution in [1.82, 2.24) is 24.6 Å². The number of hydrogen-bond donors (Lipinski definition) is 1. The second-order valence-corrected chi connectivity index (χ2v) is 6.39. The van der Waals surface area contributed by atoms with Gasteiger partial charge in [0.2, 0.25) is 0 Å². The van der Waals surface area contributed by atoms with Gasteiger partial charge in [-0.2, -0.15) is 10.4 Å². The minimum Gasteiger partial charge on any atom is -0.373 e. The van der Waals surface area contributed by atoms with Crippen molar-refractivity contribution in [2.24, 2.45) is 7.05 Å². The van der Waals surface area contributed by atoms with Crippen LogP contribution < -0.4 is 5.32 Å². The predicted octanol–water partition coefficient (Wildman–Crippen LogP) is 1.18. The Kier molecular flexibility index (Phi) is 4.97. The highest BCUT2D eigenvalue weighted by atomic mass is 16.5. The average molecular weight is 341 g/mol. The number of likely N-dealkylation sites (N-methyl/N-ethyl adjacent to an activating group) is 1. The molecule has 3 rings (SSSR count). The van der Waals surface area contributed by atoms with Crippen LogP contribution >= 0.6 is 0 Å². The first-order valence-corrected chi connectivity index (χ1v) is 8.28. The summed E-state index contributed by atoms with van der Waals surface area (Å²) < 4.78 is 8.03. The van der Waals surface area contributed by atoms with Crippen LogP contribution in [0.25, 0.3) is 0 Å². The first-order valence-electron chi connectivity index (χ1n) is 8.28. The second kappa shape index (κ2) is 7.17. The molecular formula is C17H23N7O. The van der Waals surface area contributed by atoms with E-state index in [4.69, 9.17) is 4.74 Å². The van der Waals surface area contributed by atoms with Crippen molar-refractivity contribution in [2.45, 2.75) is 26.0 Å². The summed E-state index contributed by atoms with van der Waals surface area (Å²) in [5.74, 6) is 0.506. The van der Waals surface area contributed by atoms with Crippen molar-refractivity contribution in [3.05, 3.63) is 35.0 Å². The Morgan fingerprint density at radius 3 is 2.84 bits per heavy atom. The lowest BCUT2D eigenvalue weighted by Crippen LogP contribution is -2.46. The number of ether oxygens (including phenoxy) is 1. The quantitative estimate of drug-likeness (QED) is 0.893. The highest BCUT2D eigenvalue weighted by Gasteiger charge is 2.33. The SMILES string of the molecule is Cc1nnc(NC[C@@H]2OCCN(C)[C@H]2c2cncn2C)c(C#N)c1C. The molecule has 0 amide bonds. The zero-order valence-electron chi connectivity index (χ0n) is 15.0. The molecule has 0 radical (unpaired) electrons. The molecule has 8 heteroatoms. The number of rotatable bonds is 4. The number of imidazole rings is 1. The van der Waals surface area contributed by atoms with E-state index < -0.39 is 0 Å². The Morgan fingerprint density at radius 1 is 1.36 bits per heavy atom. The summed E-state index contributed by atoms with van der Waals surface area (Å²) in [5, 5.41) is 21.0. The first-order chi connectivity index (χ1) is 12.0. The summed E-state index contributed by atoms with van der Waals surface area (Å²) in [7, 11) is 4.07. The van der Waals surface area contributed by atoms with Crippen molar-refractivity contribution in [3.8, 4) is 6.07 Å². The third kappa shape index (κ3) is 3.34. The van der Waals surface area contributed by atoms with Gasteiger partial charge in [-0.05, 0) is 26.5 Å². The Labute approximate surface area is 147 Å². The molecule has 25 heavy (non-hydrogen) atoms. The maximum Gasteiger partial charge on any atom is 0.167 e. The Balaban J connectivity index is 1.81. The van der Waals surface area contributed by atoms with Crippen LogP contribution in [0.3, 0.4) is 0 Å². The van der Waals surface area contributed by atoms with E-state index >= 15 is 0 Å². The fraction of sp³-hybridized carbons (Fsp3) is 0.529. The minimum absolute atomic E-state index is 0.0795. The minimum atomic E-state index is -0.0795. The van der Waals surface area contributed by atoms with Crippen LogP contribution in [-0.2, 0) is 11.8 Å². The smallest absolute Gasteiger partial charge is 0.167 e. The molecule has 1 aliphatic heterocycles. The van der Waals surface area contributed by atoms with E-state index in [2.05, 4.69) is 38.5 Å². The number of nitrogens with one attached hydrogen (secondary N) is 1. The van der Waals surface area contributed by atoms with Crippen LogP contribution in [0.5, 0.6) is 0 Å². The van der Waals surface area contributed by atoms with Gasteiger partial charge in [-0.3, -0.25) is 4.90 Å². The lowest BCUT2D eigenvalue weighted by atomic mass is 10.0. The van der Waals surface area contributed by atoms with Gasteiger partial charge < -0.3 is 14.6 Å². The fourth-order valence-electron chi connectivity index (χ4n) is 3.17. The van der Waals surface area contributed by atoms with Crippen LogP contribution in [0.4, 0.5) is 5.82 Å². The van der Waals surface area contributed by atoms with Gasteiger partial charge in [-0.25, -0.2) is 4.98 Å². The highest BCUT2D eigenvalue weighted by Crippen LogP contribution is 2.28. The van der Waals surface area contributed by atoms with E-state index in [1.54, 1.807) is 6.33 Å². The largest absolute Gasteiger partial charge is 0.373 e. The molecule has 0 spiro atoms. The van der Waals surface area contributed by atoms with Gasteiger partial charge in [0.15, 0.2) is 5.82 Å². The highest BCUT2D eigenvalue weighted by molar-refractivity contribution is 5.55. The molecular weight excluding hydrogens is 318 g/mol. The van der Waals surface area contributed by atoms with Crippen LogP contribution in [0, 0.1) is 25.2 Å². The summed E-state index contributed by atoms with van der Waals surface area (Å²) in [6, 6.07) is 2.30. The van der Waals surface area contributed by atoms with Crippen LogP contribution in [0.2, 0.25) is 0 Å². The van der Waals surface area contributed by atoms with Gasteiger partial charge in [-0.15, -0.1) is 5.10 Å². The van der Waals surface area contributed by atoms with E-state index in [-0.39, 0.29) is 12.1 Å². The normalized spacial score (nSPS) is 21.1. The molecule has 0 bridgehead atoms. The summed E-state index contributed by atoms with van der Waals surface area (Å²) in [6.45, 7) is 5.80. The standard InChI is InChI=1S/C17H23N7O/c1-11-12(2)21-22-17(13(11)7-18)20-9-15-16(23(3)5-6-25-15)14-8-19-10-24(14)4/h8,10,15-16H,5-6,9H2,1-4H3,(H,20,22)/t15-,16-/m0/s1. The van der Waals surface area contributed by atoms with E-state index in [0.717, 1.165) is 23.5 Å². The van der Waals surface area contributed by atoms with Crippen LogP contribution in [0.15, 0.2) is 12.5 Å². The summed E-state index contributed by atoms with van der Waals surface area (Å²) in [6.07, 6.45) is 3.59. The first kappa shape index (κ1) is 17.3. The molecule has 0 unspecified atom stereocenters. The number of aromatic nitrogens is 4. The van der Waals surface area contributed by atoms with Gasteiger partial charge >= 0.3 is 0 Å². The van der Waals surface area contributed by atoms with Crippen LogP contribution in [0.1, 0.15) is 28.6 Å². The van der Waals surface area contributed by atoms with E-state index in [0.29, 0.717) is 24.5 Å². The van der Waals surface area contributed by atoms with Gasteiger partial charge in [0, 0.05) is 26.3 Å². The average Bonchev–Trinajstić information content (AvgIpc) is 3.01. The van der Waals surface area contributed by atoms with Crippen LogP contribution in [-0.4, -0.2) is 57.5 Å². The molecule has 8 nitrogen and oxygen atoms in total. The molecule has 2 atom stereocenters. The fourth-order valence-corrected chi connectivity index (χ4v) is 3.17. The molecule has 2 aromatic heterocycles. The predicted molar refractivity (Wildman–Crippen MR) is 93.0 cm³/mol.